The zero-order valence-corrected chi connectivity index (χ0v) is 12.7. The fraction of sp³-hybridized carbons (Fsp3) is 0.333. The van der Waals surface area contributed by atoms with Crippen molar-refractivity contribution in [2.24, 2.45) is 21.9 Å². The molecule has 1 aromatic carbocycles. The first-order valence-electron chi connectivity index (χ1n) is 5.65. The van der Waals surface area contributed by atoms with Gasteiger partial charge in [0, 0.05) is 5.02 Å². The highest BCUT2D eigenvalue weighted by atomic mass is 35.5. The van der Waals surface area contributed by atoms with Crippen molar-refractivity contribution >= 4 is 46.4 Å². The lowest BCUT2D eigenvalue weighted by molar-refractivity contribution is -0.120. The molecule has 1 rings (SSSR count). The maximum atomic E-state index is 11.1. The highest BCUT2D eigenvalue weighted by molar-refractivity contribution is 6.41. The summed E-state index contributed by atoms with van der Waals surface area (Å²) in [7, 11) is 0. The van der Waals surface area contributed by atoms with Crippen molar-refractivity contribution in [1.29, 1.82) is 5.26 Å². The average Bonchev–Trinajstić information content (AvgIpc) is 2.35. The minimum absolute atomic E-state index is 0.230. The number of nitrogens with zero attached hydrogens (tertiary/aromatic N) is 3. The van der Waals surface area contributed by atoms with Gasteiger partial charge in [-0.3, -0.25) is 4.79 Å². The van der Waals surface area contributed by atoms with Gasteiger partial charge in [-0.15, -0.1) is 0 Å². The van der Waals surface area contributed by atoms with E-state index in [1.165, 1.54) is 12.1 Å². The Morgan fingerprint density at radius 3 is 2.35 bits per heavy atom. The third-order valence-electron chi connectivity index (χ3n) is 2.54. The van der Waals surface area contributed by atoms with Gasteiger partial charge in [-0.25, -0.2) is 0 Å². The Morgan fingerprint density at radius 2 is 1.95 bits per heavy atom. The fourth-order valence-electron chi connectivity index (χ4n) is 1.49. The first-order chi connectivity index (χ1) is 9.40. The molecule has 2 unspecified atom stereocenters. The molecule has 8 heteroatoms. The van der Waals surface area contributed by atoms with Crippen LogP contribution in [0.15, 0.2) is 22.4 Å². The number of carbonyl (C=O) groups is 1. The average molecular weight is 334 g/mol. The van der Waals surface area contributed by atoms with E-state index >= 15 is 0 Å². The Hall–Kier alpha value is -1.35. The number of primary amides is 1. The van der Waals surface area contributed by atoms with E-state index in [1.54, 1.807) is 6.92 Å². The smallest absolute Gasteiger partial charge is 0.237 e. The van der Waals surface area contributed by atoms with Crippen molar-refractivity contribution in [1.82, 2.24) is 0 Å². The lowest BCUT2D eigenvalue weighted by Gasteiger charge is -2.11. The lowest BCUT2D eigenvalue weighted by Crippen LogP contribution is -2.30. The second-order valence-corrected chi connectivity index (χ2v) is 5.17. The van der Waals surface area contributed by atoms with E-state index in [4.69, 9.17) is 45.8 Å². The molecular weight excluding hydrogens is 323 g/mol. The molecule has 2 N–H and O–H groups in total. The second kappa shape index (κ2) is 7.44. The molecule has 0 saturated heterocycles. The molecule has 0 aliphatic heterocycles. The van der Waals surface area contributed by atoms with Gasteiger partial charge in [0.1, 0.15) is 11.6 Å². The summed E-state index contributed by atoms with van der Waals surface area (Å²) in [4.78, 5) is 11.1. The molecule has 0 aromatic heterocycles. The molecule has 2 atom stereocenters. The number of halogens is 3. The van der Waals surface area contributed by atoms with Crippen LogP contribution in [0.5, 0.6) is 0 Å². The zero-order valence-electron chi connectivity index (χ0n) is 10.5. The summed E-state index contributed by atoms with van der Waals surface area (Å²) < 4.78 is 0. The number of hydrogen-bond acceptors (Lipinski definition) is 4. The predicted molar refractivity (Wildman–Crippen MR) is 78.4 cm³/mol. The van der Waals surface area contributed by atoms with Crippen LogP contribution in [0.2, 0.25) is 15.1 Å². The molecule has 0 heterocycles. The Bertz CT molecular complexity index is 560. The Morgan fingerprint density at radius 1 is 1.40 bits per heavy atom. The first kappa shape index (κ1) is 16.7. The summed E-state index contributed by atoms with van der Waals surface area (Å²) in [6.07, 6.45) is 0.424. The van der Waals surface area contributed by atoms with E-state index < -0.39 is 17.9 Å². The standard InChI is InChI=1S/C12H11Cl3N4O/c1-2-10(7(5-16)12(17)20)18-19-11-8(14)3-6(13)4-9(11)15/h3-4,7,10H,2H2,1H3,(H2,17,20). The molecule has 0 saturated carbocycles. The largest absolute Gasteiger partial charge is 0.368 e. The third-order valence-corrected chi connectivity index (χ3v) is 3.33. The molecule has 5 nitrogen and oxygen atoms in total. The van der Waals surface area contributed by atoms with Gasteiger partial charge in [0.05, 0.1) is 22.2 Å². The molecule has 0 spiro atoms. The maximum Gasteiger partial charge on any atom is 0.237 e. The summed E-state index contributed by atoms with van der Waals surface area (Å²) >= 11 is 17.7. The fourth-order valence-corrected chi connectivity index (χ4v) is 2.38. The highest BCUT2D eigenvalue weighted by Crippen LogP contribution is 2.36. The molecule has 0 fully saturated rings. The van der Waals surface area contributed by atoms with Crippen molar-refractivity contribution in [2.45, 2.75) is 19.4 Å². The quantitative estimate of drug-likeness (QED) is 0.820. The molecule has 0 bridgehead atoms. The summed E-state index contributed by atoms with van der Waals surface area (Å²) in [6, 6.07) is 4.10. The maximum absolute atomic E-state index is 11.1. The van der Waals surface area contributed by atoms with Crippen molar-refractivity contribution in [2.75, 3.05) is 0 Å². The predicted octanol–water partition coefficient (Wildman–Crippen LogP) is 4.13. The number of amides is 1. The number of rotatable bonds is 5. The van der Waals surface area contributed by atoms with Crippen LogP contribution >= 0.6 is 34.8 Å². The van der Waals surface area contributed by atoms with Gasteiger partial charge in [0.25, 0.3) is 0 Å². The van der Waals surface area contributed by atoms with Crippen molar-refractivity contribution < 1.29 is 4.79 Å². The number of nitriles is 1. The summed E-state index contributed by atoms with van der Waals surface area (Å²) in [5, 5.41) is 17.6. The number of benzene rings is 1. The van der Waals surface area contributed by atoms with Gasteiger partial charge in [0.15, 0.2) is 0 Å². The molecule has 106 valence electrons. The molecule has 0 radical (unpaired) electrons. The monoisotopic (exact) mass is 332 g/mol. The van der Waals surface area contributed by atoms with E-state index in [-0.39, 0.29) is 15.7 Å². The van der Waals surface area contributed by atoms with Gasteiger partial charge in [-0.1, -0.05) is 41.7 Å². The molecular formula is C12H11Cl3N4O. The van der Waals surface area contributed by atoms with Crippen LogP contribution in [0.25, 0.3) is 0 Å². The van der Waals surface area contributed by atoms with Gasteiger partial charge >= 0.3 is 0 Å². The number of nitrogens with two attached hydrogens (primary N) is 1. The van der Waals surface area contributed by atoms with Crippen LogP contribution in [0.1, 0.15) is 13.3 Å². The molecule has 0 aliphatic rings. The van der Waals surface area contributed by atoms with Crippen LogP contribution in [-0.4, -0.2) is 11.9 Å². The zero-order chi connectivity index (χ0) is 15.3. The SMILES string of the molecule is CCC(N=Nc1c(Cl)cc(Cl)cc1Cl)C(C#N)C(N)=O. The number of hydrogen-bond donors (Lipinski definition) is 1. The van der Waals surface area contributed by atoms with Gasteiger partial charge in [0.2, 0.25) is 5.91 Å². The molecule has 0 aliphatic carbocycles. The Balaban J connectivity index is 3.07. The highest BCUT2D eigenvalue weighted by Gasteiger charge is 2.25. The van der Waals surface area contributed by atoms with Crippen LogP contribution in [0.4, 0.5) is 5.69 Å². The van der Waals surface area contributed by atoms with E-state index in [0.29, 0.717) is 11.4 Å². The topological polar surface area (TPSA) is 91.6 Å². The normalized spacial score (nSPS) is 13.9. The second-order valence-electron chi connectivity index (χ2n) is 3.92. The Labute approximate surface area is 131 Å². The van der Waals surface area contributed by atoms with Crippen LogP contribution in [-0.2, 0) is 4.79 Å². The first-order valence-corrected chi connectivity index (χ1v) is 6.78. The summed E-state index contributed by atoms with van der Waals surface area (Å²) in [5.74, 6) is -1.79. The van der Waals surface area contributed by atoms with Gasteiger partial charge in [-0.2, -0.15) is 15.5 Å². The number of azo groups is 1. The van der Waals surface area contributed by atoms with Crippen LogP contribution in [0, 0.1) is 17.2 Å². The number of carbonyl (C=O) groups excluding carboxylic acids is 1. The van der Waals surface area contributed by atoms with Crippen LogP contribution < -0.4 is 5.73 Å². The Kier molecular flexibility index (Phi) is 6.21. The van der Waals surface area contributed by atoms with E-state index in [9.17, 15) is 4.79 Å². The van der Waals surface area contributed by atoms with Crippen molar-refractivity contribution in [3.8, 4) is 6.07 Å². The minimum Gasteiger partial charge on any atom is -0.368 e. The lowest BCUT2D eigenvalue weighted by atomic mass is 9.99. The molecule has 20 heavy (non-hydrogen) atoms. The van der Waals surface area contributed by atoms with Crippen molar-refractivity contribution in [3.63, 3.8) is 0 Å². The molecule has 1 aromatic rings. The summed E-state index contributed by atoms with van der Waals surface area (Å²) in [5.41, 5.74) is 5.37. The minimum atomic E-state index is -1.05. The van der Waals surface area contributed by atoms with E-state index in [0.717, 1.165) is 0 Å². The summed E-state index contributed by atoms with van der Waals surface area (Å²) in [6.45, 7) is 1.77. The van der Waals surface area contributed by atoms with E-state index in [2.05, 4.69) is 10.2 Å². The third kappa shape index (κ3) is 4.07. The van der Waals surface area contributed by atoms with Gasteiger partial charge in [-0.05, 0) is 18.6 Å². The van der Waals surface area contributed by atoms with Gasteiger partial charge < -0.3 is 5.73 Å². The molecule has 1 amide bonds. The van der Waals surface area contributed by atoms with E-state index in [1.807, 2.05) is 6.07 Å². The van der Waals surface area contributed by atoms with Crippen molar-refractivity contribution in [3.05, 3.63) is 27.2 Å². The van der Waals surface area contributed by atoms with Crippen LogP contribution in [0.3, 0.4) is 0 Å².